The second kappa shape index (κ2) is 6.22. The van der Waals surface area contributed by atoms with E-state index in [0.717, 1.165) is 24.8 Å². The molecule has 0 radical (unpaired) electrons. The predicted octanol–water partition coefficient (Wildman–Crippen LogP) is 2.99. The normalized spacial score (nSPS) is 25.2. The molecular weight excluding hydrogens is 343 g/mol. The van der Waals surface area contributed by atoms with E-state index in [1.807, 2.05) is 0 Å². The van der Waals surface area contributed by atoms with Crippen molar-refractivity contribution in [2.75, 3.05) is 18.1 Å². The van der Waals surface area contributed by atoms with Gasteiger partial charge in [-0.25, -0.2) is 8.42 Å². The van der Waals surface area contributed by atoms with Crippen LogP contribution in [0.2, 0.25) is 0 Å². The maximum atomic E-state index is 12.2. The van der Waals surface area contributed by atoms with Gasteiger partial charge in [0.2, 0.25) is 0 Å². The number of nitrogens with one attached hydrogen (secondary N) is 1. The second-order valence-corrected chi connectivity index (χ2v) is 8.89. The van der Waals surface area contributed by atoms with Crippen molar-refractivity contribution in [1.82, 2.24) is 5.32 Å². The van der Waals surface area contributed by atoms with Crippen molar-refractivity contribution < 1.29 is 26.3 Å². The van der Waals surface area contributed by atoms with E-state index in [0.29, 0.717) is 13.0 Å². The van der Waals surface area contributed by atoms with Crippen molar-refractivity contribution in [3.8, 4) is 5.75 Å². The number of hydrogen-bond donors (Lipinski definition) is 1. The van der Waals surface area contributed by atoms with Crippen LogP contribution in [-0.4, -0.2) is 32.8 Å². The predicted molar refractivity (Wildman–Crippen MR) is 83.4 cm³/mol. The van der Waals surface area contributed by atoms with Gasteiger partial charge in [0.15, 0.2) is 9.84 Å². The third-order valence-electron chi connectivity index (χ3n) is 4.68. The van der Waals surface area contributed by atoms with Crippen molar-refractivity contribution in [2.45, 2.75) is 37.6 Å². The van der Waals surface area contributed by atoms with Gasteiger partial charge in [0.1, 0.15) is 5.75 Å². The fourth-order valence-electron chi connectivity index (χ4n) is 3.29. The van der Waals surface area contributed by atoms with Gasteiger partial charge in [-0.05, 0) is 55.8 Å². The van der Waals surface area contributed by atoms with Crippen LogP contribution in [0.15, 0.2) is 24.3 Å². The maximum absolute atomic E-state index is 12.2. The second-order valence-electron chi connectivity index (χ2n) is 6.66. The van der Waals surface area contributed by atoms with Crippen LogP contribution in [0.3, 0.4) is 0 Å². The number of halogens is 3. The number of sulfone groups is 1. The maximum Gasteiger partial charge on any atom is 0.573 e. The first kappa shape index (κ1) is 17.5. The molecule has 1 unspecified atom stereocenters. The van der Waals surface area contributed by atoms with E-state index < -0.39 is 16.2 Å². The third kappa shape index (κ3) is 4.42. The van der Waals surface area contributed by atoms with E-state index >= 15 is 0 Å². The van der Waals surface area contributed by atoms with Crippen molar-refractivity contribution in [2.24, 2.45) is 5.92 Å². The summed E-state index contributed by atoms with van der Waals surface area (Å²) in [5.74, 6) is 0.360. The van der Waals surface area contributed by atoms with E-state index in [9.17, 15) is 21.6 Å². The smallest absolute Gasteiger partial charge is 0.406 e. The van der Waals surface area contributed by atoms with Crippen LogP contribution in [0.4, 0.5) is 13.2 Å². The van der Waals surface area contributed by atoms with Gasteiger partial charge in [-0.15, -0.1) is 13.2 Å². The minimum atomic E-state index is -4.69. The summed E-state index contributed by atoms with van der Waals surface area (Å²) in [6, 6.07) is 5.91. The molecule has 134 valence electrons. The Kier molecular flexibility index (Phi) is 4.55. The molecule has 0 spiro atoms. The summed E-state index contributed by atoms with van der Waals surface area (Å²) in [6.07, 6.45) is -1.31. The first-order valence-electron chi connectivity index (χ1n) is 7.99. The summed E-state index contributed by atoms with van der Waals surface area (Å²) in [7, 11) is -2.93. The first-order valence-corrected chi connectivity index (χ1v) is 9.81. The lowest BCUT2D eigenvalue weighted by molar-refractivity contribution is -0.274. The van der Waals surface area contributed by atoms with Crippen molar-refractivity contribution >= 4 is 9.84 Å². The summed E-state index contributed by atoms with van der Waals surface area (Å²) in [6.45, 7) is 0.611. The third-order valence-corrected chi connectivity index (χ3v) is 6.57. The van der Waals surface area contributed by atoms with Crippen LogP contribution < -0.4 is 10.1 Å². The van der Waals surface area contributed by atoms with Gasteiger partial charge in [-0.2, -0.15) is 0 Å². The highest BCUT2D eigenvalue weighted by Crippen LogP contribution is 2.46. The van der Waals surface area contributed by atoms with Crippen LogP contribution >= 0.6 is 0 Å². The molecule has 1 aromatic rings. The number of alkyl halides is 3. The molecule has 1 saturated heterocycles. The molecule has 0 aromatic heterocycles. The lowest BCUT2D eigenvalue weighted by Crippen LogP contribution is -2.38. The fraction of sp³-hybridized carbons (Fsp3) is 0.625. The standard InChI is InChI=1S/C16H20F3NO3S/c17-16(18,19)23-14-5-3-13(4-6-14)15(7-8-15)20-10-12-2-1-9-24(21,22)11-12/h3-6,12,20H,1-2,7-11H2. The molecule has 3 rings (SSSR count). The number of benzene rings is 1. The Bertz CT molecular complexity index is 682. The van der Waals surface area contributed by atoms with Gasteiger partial charge in [-0.3, -0.25) is 0 Å². The summed E-state index contributed by atoms with van der Waals surface area (Å²) >= 11 is 0. The average Bonchev–Trinajstić information content (AvgIpc) is 3.24. The Morgan fingerprint density at radius 3 is 2.42 bits per heavy atom. The van der Waals surface area contributed by atoms with Crippen molar-refractivity contribution in [3.63, 3.8) is 0 Å². The van der Waals surface area contributed by atoms with E-state index in [1.165, 1.54) is 12.1 Å². The molecule has 1 aliphatic heterocycles. The van der Waals surface area contributed by atoms with Gasteiger partial charge >= 0.3 is 6.36 Å². The average molecular weight is 363 g/mol. The molecule has 4 nitrogen and oxygen atoms in total. The minimum absolute atomic E-state index is 0.106. The van der Waals surface area contributed by atoms with Gasteiger partial charge < -0.3 is 10.1 Å². The van der Waals surface area contributed by atoms with E-state index in [4.69, 9.17) is 0 Å². The zero-order valence-corrected chi connectivity index (χ0v) is 13.9. The molecule has 1 N–H and O–H groups in total. The molecule has 2 fully saturated rings. The first-order chi connectivity index (χ1) is 11.2. The van der Waals surface area contributed by atoms with Gasteiger partial charge in [0, 0.05) is 5.54 Å². The molecule has 24 heavy (non-hydrogen) atoms. The van der Waals surface area contributed by atoms with Gasteiger partial charge in [0.05, 0.1) is 11.5 Å². The van der Waals surface area contributed by atoms with Gasteiger partial charge in [-0.1, -0.05) is 12.1 Å². The molecule has 2 aliphatic rings. The Hall–Kier alpha value is -1.28. The number of rotatable bonds is 5. The van der Waals surface area contributed by atoms with E-state index in [1.54, 1.807) is 12.1 Å². The van der Waals surface area contributed by atoms with E-state index in [-0.39, 0.29) is 28.7 Å². The van der Waals surface area contributed by atoms with Crippen LogP contribution in [0.1, 0.15) is 31.2 Å². The van der Waals surface area contributed by atoms with Crippen LogP contribution in [0, 0.1) is 5.92 Å². The highest BCUT2D eigenvalue weighted by Gasteiger charge is 2.44. The molecule has 1 saturated carbocycles. The summed E-state index contributed by atoms with van der Waals surface area (Å²) < 4.78 is 63.8. The summed E-state index contributed by atoms with van der Waals surface area (Å²) in [5.41, 5.74) is 0.675. The molecule has 1 heterocycles. The Morgan fingerprint density at radius 1 is 1.21 bits per heavy atom. The molecule has 1 aromatic carbocycles. The lowest BCUT2D eigenvalue weighted by Gasteiger charge is -2.26. The fourth-order valence-corrected chi connectivity index (χ4v) is 5.06. The van der Waals surface area contributed by atoms with Gasteiger partial charge in [0.25, 0.3) is 0 Å². The zero-order valence-electron chi connectivity index (χ0n) is 13.1. The highest BCUT2D eigenvalue weighted by molar-refractivity contribution is 7.91. The van der Waals surface area contributed by atoms with Crippen molar-refractivity contribution in [3.05, 3.63) is 29.8 Å². The minimum Gasteiger partial charge on any atom is -0.406 e. The summed E-state index contributed by atoms with van der Waals surface area (Å²) in [5, 5.41) is 3.43. The van der Waals surface area contributed by atoms with Crippen LogP contribution in [0.25, 0.3) is 0 Å². The van der Waals surface area contributed by atoms with E-state index in [2.05, 4.69) is 10.1 Å². The lowest BCUT2D eigenvalue weighted by atomic mass is 10.0. The molecule has 8 heteroatoms. The van der Waals surface area contributed by atoms with Crippen LogP contribution in [-0.2, 0) is 15.4 Å². The summed E-state index contributed by atoms with van der Waals surface area (Å²) in [4.78, 5) is 0. The topological polar surface area (TPSA) is 55.4 Å². The number of hydrogen-bond acceptors (Lipinski definition) is 4. The molecule has 0 bridgehead atoms. The molecule has 0 amide bonds. The molecule has 1 aliphatic carbocycles. The number of ether oxygens (including phenoxy) is 1. The Labute approximate surface area is 139 Å². The Morgan fingerprint density at radius 2 is 1.88 bits per heavy atom. The SMILES string of the molecule is O=S1(=O)CCCC(CNC2(c3ccc(OC(F)(F)F)cc3)CC2)C1. The van der Waals surface area contributed by atoms with Crippen molar-refractivity contribution in [1.29, 1.82) is 0 Å². The Balaban J connectivity index is 1.60. The molecule has 1 atom stereocenters. The molecular formula is C16H20F3NO3S. The monoisotopic (exact) mass is 363 g/mol. The quantitative estimate of drug-likeness (QED) is 0.874. The zero-order chi connectivity index (χ0) is 17.4. The highest BCUT2D eigenvalue weighted by atomic mass is 32.2. The van der Waals surface area contributed by atoms with Crippen LogP contribution in [0.5, 0.6) is 5.75 Å². The largest absolute Gasteiger partial charge is 0.573 e.